The molecule has 134 valence electrons. The molecule has 0 aliphatic rings. The van der Waals surface area contributed by atoms with E-state index in [2.05, 4.69) is 27.0 Å². The number of aryl methyl sites for hydroxylation is 1. The fourth-order valence-electron chi connectivity index (χ4n) is 2.91. The molecule has 0 bridgehead atoms. The van der Waals surface area contributed by atoms with E-state index in [-0.39, 0.29) is 0 Å². The van der Waals surface area contributed by atoms with Crippen LogP contribution in [0, 0.1) is 0 Å². The van der Waals surface area contributed by atoms with Gasteiger partial charge in [-0.1, -0.05) is 60.7 Å². The highest BCUT2D eigenvalue weighted by Crippen LogP contribution is 2.24. The van der Waals surface area contributed by atoms with Crippen molar-refractivity contribution >= 4 is 5.82 Å². The highest BCUT2D eigenvalue weighted by atomic mass is 15.0. The fraction of sp³-hybridized carbons (Fsp3) is 0.136. The van der Waals surface area contributed by atoms with Crippen LogP contribution in [0.1, 0.15) is 6.42 Å². The molecule has 2 heterocycles. The third-order valence-corrected chi connectivity index (χ3v) is 4.29. The zero-order chi connectivity index (χ0) is 18.3. The van der Waals surface area contributed by atoms with Crippen molar-refractivity contribution in [3.8, 4) is 22.6 Å². The van der Waals surface area contributed by atoms with E-state index in [0.717, 1.165) is 48.0 Å². The van der Waals surface area contributed by atoms with Crippen molar-refractivity contribution < 1.29 is 0 Å². The number of hydrogen-bond acceptors (Lipinski definition) is 4. The van der Waals surface area contributed by atoms with Gasteiger partial charge in [0.2, 0.25) is 0 Å². The van der Waals surface area contributed by atoms with E-state index in [1.165, 1.54) is 0 Å². The summed E-state index contributed by atoms with van der Waals surface area (Å²) in [6, 6.07) is 22.3. The van der Waals surface area contributed by atoms with Crippen LogP contribution in [0.25, 0.3) is 22.6 Å². The van der Waals surface area contributed by atoms with Crippen molar-refractivity contribution in [1.82, 2.24) is 19.5 Å². The molecule has 0 unspecified atom stereocenters. The Morgan fingerprint density at radius 3 is 2.30 bits per heavy atom. The van der Waals surface area contributed by atoms with Crippen LogP contribution in [0.4, 0.5) is 5.82 Å². The number of rotatable bonds is 7. The summed E-state index contributed by atoms with van der Waals surface area (Å²) in [5, 5.41) is 3.44. The monoisotopic (exact) mass is 355 g/mol. The molecule has 4 rings (SSSR count). The Bertz CT molecular complexity index is 909. The van der Waals surface area contributed by atoms with Crippen molar-refractivity contribution in [2.75, 3.05) is 11.9 Å². The van der Waals surface area contributed by atoms with Gasteiger partial charge in [-0.15, -0.1) is 0 Å². The Morgan fingerprint density at radius 2 is 1.59 bits per heavy atom. The third-order valence-electron chi connectivity index (χ3n) is 4.29. The maximum absolute atomic E-state index is 4.78. The molecule has 0 aliphatic heterocycles. The topological polar surface area (TPSA) is 55.6 Å². The fourth-order valence-corrected chi connectivity index (χ4v) is 2.91. The molecule has 0 radical (unpaired) electrons. The van der Waals surface area contributed by atoms with E-state index in [1.807, 2.05) is 67.1 Å². The molecule has 0 amide bonds. The highest BCUT2D eigenvalue weighted by Gasteiger charge is 2.08. The molecular weight excluding hydrogens is 334 g/mol. The van der Waals surface area contributed by atoms with Crippen molar-refractivity contribution in [1.29, 1.82) is 0 Å². The summed E-state index contributed by atoms with van der Waals surface area (Å²) in [6.45, 7) is 1.76. The van der Waals surface area contributed by atoms with Gasteiger partial charge in [-0.3, -0.25) is 0 Å². The number of nitrogens with one attached hydrogen (secondary N) is 1. The molecule has 0 spiro atoms. The quantitative estimate of drug-likeness (QED) is 0.496. The van der Waals surface area contributed by atoms with E-state index in [0.29, 0.717) is 0 Å². The van der Waals surface area contributed by atoms with Gasteiger partial charge in [-0.05, 0) is 6.42 Å². The average Bonchev–Trinajstić information content (AvgIpc) is 3.26. The lowest BCUT2D eigenvalue weighted by atomic mass is 10.1. The first kappa shape index (κ1) is 17.0. The predicted molar refractivity (Wildman–Crippen MR) is 108 cm³/mol. The zero-order valence-electron chi connectivity index (χ0n) is 15.0. The predicted octanol–water partition coefficient (Wildman–Crippen LogP) is 4.51. The van der Waals surface area contributed by atoms with Gasteiger partial charge in [0.15, 0.2) is 5.82 Å². The summed E-state index contributed by atoms with van der Waals surface area (Å²) in [4.78, 5) is 13.6. The van der Waals surface area contributed by atoms with Crippen LogP contribution in [0.2, 0.25) is 0 Å². The summed E-state index contributed by atoms with van der Waals surface area (Å²) in [6.07, 6.45) is 6.61. The van der Waals surface area contributed by atoms with E-state index in [1.54, 1.807) is 6.20 Å². The molecule has 4 aromatic rings. The van der Waals surface area contributed by atoms with Crippen molar-refractivity contribution in [3.05, 3.63) is 85.5 Å². The lowest BCUT2D eigenvalue weighted by Gasteiger charge is -2.11. The third kappa shape index (κ3) is 4.39. The SMILES string of the molecule is c1ccc(-c2cc(NCCCn3ccnc3)nc(-c3ccccc3)n2)cc1. The summed E-state index contributed by atoms with van der Waals surface area (Å²) >= 11 is 0. The molecule has 27 heavy (non-hydrogen) atoms. The zero-order valence-corrected chi connectivity index (χ0v) is 15.0. The molecule has 2 aromatic heterocycles. The molecule has 2 aromatic carbocycles. The van der Waals surface area contributed by atoms with Crippen LogP contribution in [0.5, 0.6) is 0 Å². The maximum atomic E-state index is 4.78. The van der Waals surface area contributed by atoms with Crippen LogP contribution in [0.15, 0.2) is 85.5 Å². The van der Waals surface area contributed by atoms with Gasteiger partial charge in [0.1, 0.15) is 5.82 Å². The first-order valence-corrected chi connectivity index (χ1v) is 9.08. The number of benzene rings is 2. The second kappa shape index (κ2) is 8.27. The molecule has 0 saturated carbocycles. The molecule has 0 atom stereocenters. The second-order valence-electron chi connectivity index (χ2n) is 6.27. The number of anilines is 1. The Kier molecular flexibility index (Phi) is 5.20. The van der Waals surface area contributed by atoms with Crippen molar-refractivity contribution in [3.63, 3.8) is 0 Å². The van der Waals surface area contributed by atoms with Gasteiger partial charge in [-0.2, -0.15) is 0 Å². The van der Waals surface area contributed by atoms with E-state index >= 15 is 0 Å². The molecule has 5 heteroatoms. The van der Waals surface area contributed by atoms with Gasteiger partial charge in [0.25, 0.3) is 0 Å². The van der Waals surface area contributed by atoms with E-state index in [9.17, 15) is 0 Å². The Labute approximate surface area is 158 Å². The van der Waals surface area contributed by atoms with Crippen LogP contribution in [0.3, 0.4) is 0 Å². The Morgan fingerprint density at radius 1 is 0.852 bits per heavy atom. The van der Waals surface area contributed by atoms with Crippen molar-refractivity contribution in [2.45, 2.75) is 13.0 Å². The summed E-state index contributed by atoms with van der Waals surface area (Å²) < 4.78 is 2.08. The Hall–Kier alpha value is -3.47. The minimum absolute atomic E-state index is 0.731. The molecule has 5 nitrogen and oxygen atoms in total. The van der Waals surface area contributed by atoms with Gasteiger partial charge in [0, 0.05) is 42.7 Å². The molecule has 1 N–H and O–H groups in total. The summed E-state index contributed by atoms with van der Waals surface area (Å²) in [5.41, 5.74) is 3.01. The van der Waals surface area contributed by atoms with Gasteiger partial charge in [0.05, 0.1) is 12.0 Å². The van der Waals surface area contributed by atoms with Crippen LogP contribution >= 0.6 is 0 Å². The van der Waals surface area contributed by atoms with Crippen molar-refractivity contribution in [2.24, 2.45) is 0 Å². The number of nitrogens with zero attached hydrogens (tertiary/aromatic N) is 4. The Balaban J connectivity index is 1.56. The lowest BCUT2D eigenvalue weighted by molar-refractivity contribution is 0.660. The largest absolute Gasteiger partial charge is 0.370 e. The minimum Gasteiger partial charge on any atom is -0.370 e. The smallest absolute Gasteiger partial charge is 0.162 e. The lowest BCUT2D eigenvalue weighted by Crippen LogP contribution is -2.08. The molecular formula is C22H21N5. The van der Waals surface area contributed by atoms with Gasteiger partial charge < -0.3 is 9.88 Å². The maximum Gasteiger partial charge on any atom is 0.162 e. The summed E-state index contributed by atoms with van der Waals surface area (Å²) in [5.74, 6) is 1.57. The summed E-state index contributed by atoms with van der Waals surface area (Å²) in [7, 11) is 0. The van der Waals surface area contributed by atoms with E-state index < -0.39 is 0 Å². The number of imidazole rings is 1. The van der Waals surface area contributed by atoms with Crippen LogP contribution in [-0.2, 0) is 6.54 Å². The first-order valence-electron chi connectivity index (χ1n) is 9.08. The number of hydrogen-bond donors (Lipinski definition) is 1. The number of aromatic nitrogens is 4. The normalized spacial score (nSPS) is 10.7. The van der Waals surface area contributed by atoms with Crippen LogP contribution < -0.4 is 5.32 Å². The first-order chi connectivity index (χ1) is 13.4. The van der Waals surface area contributed by atoms with Gasteiger partial charge in [-0.25, -0.2) is 15.0 Å². The second-order valence-corrected chi connectivity index (χ2v) is 6.27. The highest BCUT2D eigenvalue weighted by molar-refractivity contribution is 5.67. The molecule has 0 saturated heterocycles. The molecule has 0 fully saturated rings. The van der Waals surface area contributed by atoms with Crippen LogP contribution in [-0.4, -0.2) is 26.1 Å². The minimum atomic E-state index is 0.731. The standard InChI is InChI=1S/C22H21N5/c1-3-8-18(9-4-1)20-16-21(24-12-7-14-27-15-13-23-17-27)26-22(25-20)19-10-5-2-6-11-19/h1-6,8-11,13,15-17H,7,12,14H2,(H,24,25,26). The van der Waals surface area contributed by atoms with E-state index in [4.69, 9.17) is 9.97 Å². The average molecular weight is 355 g/mol. The van der Waals surface area contributed by atoms with Gasteiger partial charge >= 0.3 is 0 Å². The molecule has 0 aliphatic carbocycles.